The molecule has 0 N–H and O–H groups in total. The molecule has 1 aliphatic carbocycles. The molecule has 0 heterocycles. The summed E-state index contributed by atoms with van der Waals surface area (Å²) >= 11 is 0. The van der Waals surface area contributed by atoms with Crippen molar-refractivity contribution < 1.29 is 0 Å². The van der Waals surface area contributed by atoms with Gasteiger partial charge in [-0.15, -0.1) is 0 Å². The molecule has 1 saturated carbocycles. The van der Waals surface area contributed by atoms with Gasteiger partial charge in [-0.2, -0.15) is 0 Å². The lowest BCUT2D eigenvalue weighted by Gasteiger charge is -2.01. The van der Waals surface area contributed by atoms with E-state index in [-0.39, 0.29) is 0 Å². The quantitative estimate of drug-likeness (QED) is 0.542. The summed E-state index contributed by atoms with van der Waals surface area (Å²) in [4.78, 5) is 0. The molecular formula is C9H18. The minimum Gasteiger partial charge on any atom is -0.0628 e. The van der Waals surface area contributed by atoms with Gasteiger partial charge in [0.05, 0.1) is 0 Å². The van der Waals surface area contributed by atoms with Crippen LogP contribution in [0.25, 0.3) is 0 Å². The molecule has 0 aromatic carbocycles. The predicted octanol–water partition coefficient (Wildman–Crippen LogP) is 3.22. The molecule has 1 rings (SSSR count). The lowest BCUT2D eigenvalue weighted by Crippen LogP contribution is -1.86. The van der Waals surface area contributed by atoms with Crippen molar-refractivity contribution in [3.63, 3.8) is 0 Å². The molecule has 0 aliphatic heterocycles. The summed E-state index contributed by atoms with van der Waals surface area (Å²) in [5, 5.41) is 0. The van der Waals surface area contributed by atoms with Crippen LogP contribution in [-0.4, -0.2) is 0 Å². The van der Waals surface area contributed by atoms with Crippen molar-refractivity contribution in [3.05, 3.63) is 0 Å². The minimum atomic E-state index is 0.920. The lowest BCUT2D eigenvalue weighted by molar-refractivity contribution is 0.520. The zero-order valence-electron chi connectivity index (χ0n) is 6.69. The molecule has 0 heteroatoms. The zero-order valence-corrected chi connectivity index (χ0v) is 6.69. The molecule has 0 spiro atoms. The first-order valence-electron chi connectivity index (χ1n) is 4.29. The minimum absolute atomic E-state index is 0.920. The third kappa shape index (κ3) is 3.56. The van der Waals surface area contributed by atoms with Gasteiger partial charge in [0, 0.05) is 0 Å². The van der Waals surface area contributed by atoms with E-state index in [1.165, 1.54) is 32.1 Å². The molecule has 0 aromatic rings. The summed E-state index contributed by atoms with van der Waals surface area (Å²) in [7, 11) is 0. The maximum Gasteiger partial charge on any atom is -0.0414 e. The average molecular weight is 126 g/mol. The van der Waals surface area contributed by atoms with E-state index in [0.717, 1.165) is 11.8 Å². The molecule has 0 radical (unpaired) electrons. The van der Waals surface area contributed by atoms with Gasteiger partial charge in [-0.3, -0.25) is 0 Å². The van der Waals surface area contributed by atoms with E-state index >= 15 is 0 Å². The van der Waals surface area contributed by atoms with Crippen LogP contribution in [0.2, 0.25) is 0 Å². The highest BCUT2D eigenvalue weighted by atomic mass is 14.3. The highest BCUT2D eigenvalue weighted by Crippen LogP contribution is 2.34. The second-order valence-corrected chi connectivity index (χ2v) is 3.77. The topological polar surface area (TPSA) is 0 Å². The monoisotopic (exact) mass is 126 g/mol. The highest BCUT2D eigenvalue weighted by Gasteiger charge is 2.19. The van der Waals surface area contributed by atoms with Crippen molar-refractivity contribution in [1.29, 1.82) is 0 Å². The summed E-state index contributed by atoms with van der Waals surface area (Å²) in [5.74, 6) is 2.06. The van der Waals surface area contributed by atoms with Gasteiger partial charge in [-0.05, 0) is 11.8 Å². The van der Waals surface area contributed by atoms with Gasteiger partial charge < -0.3 is 0 Å². The molecule has 1 aliphatic rings. The summed E-state index contributed by atoms with van der Waals surface area (Å²) in [6, 6.07) is 0. The molecule has 1 fully saturated rings. The van der Waals surface area contributed by atoms with E-state index in [2.05, 4.69) is 13.8 Å². The SMILES string of the molecule is CC(C)CCCC1CC1. The Hall–Kier alpha value is 0. The number of rotatable bonds is 4. The Balaban J connectivity index is 1.81. The van der Waals surface area contributed by atoms with Crippen LogP contribution < -0.4 is 0 Å². The normalized spacial score (nSPS) is 19.0. The van der Waals surface area contributed by atoms with E-state index in [9.17, 15) is 0 Å². The second-order valence-electron chi connectivity index (χ2n) is 3.77. The van der Waals surface area contributed by atoms with E-state index < -0.39 is 0 Å². The molecule has 0 aromatic heterocycles. The van der Waals surface area contributed by atoms with Crippen molar-refractivity contribution in [2.75, 3.05) is 0 Å². The summed E-state index contributed by atoms with van der Waals surface area (Å²) in [6.45, 7) is 4.62. The molecule has 9 heavy (non-hydrogen) atoms. The van der Waals surface area contributed by atoms with Crippen LogP contribution in [0.1, 0.15) is 46.0 Å². The first-order valence-corrected chi connectivity index (χ1v) is 4.29. The van der Waals surface area contributed by atoms with Crippen LogP contribution in [-0.2, 0) is 0 Å². The third-order valence-electron chi connectivity index (χ3n) is 2.09. The molecule has 0 atom stereocenters. The molecule has 0 unspecified atom stereocenters. The van der Waals surface area contributed by atoms with Gasteiger partial charge in [0.2, 0.25) is 0 Å². The van der Waals surface area contributed by atoms with Gasteiger partial charge >= 0.3 is 0 Å². The van der Waals surface area contributed by atoms with Crippen LogP contribution in [0, 0.1) is 11.8 Å². The molecule has 0 bridgehead atoms. The van der Waals surface area contributed by atoms with E-state index in [4.69, 9.17) is 0 Å². The van der Waals surface area contributed by atoms with Crippen molar-refractivity contribution in [2.45, 2.75) is 46.0 Å². The van der Waals surface area contributed by atoms with Crippen LogP contribution in [0.4, 0.5) is 0 Å². The summed E-state index contributed by atoms with van der Waals surface area (Å²) < 4.78 is 0. The first-order chi connectivity index (χ1) is 4.29. The molecule has 54 valence electrons. The fourth-order valence-corrected chi connectivity index (χ4v) is 1.22. The summed E-state index contributed by atoms with van der Waals surface area (Å²) in [6.07, 6.45) is 7.48. The maximum atomic E-state index is 2.31. The molecule has 0 saturated heterocycles. The van der Waals surface area contributed by atoms with Crippen molar-refractivity contribution >= 4 is 0 Å². The van der Waals surface area contributed by atoms with E-state index in [1.54, 1.807) is 0 Å². The fourth-order valence-electron chi connectivity index (χ4n) is 1.22. The Morgan fingerprint density at radius 2 is 2.00 bits per heavy atom. The van der Waals surface area contributed by atoms with Crippen LogP contribution in [0.5, 0.6) is 0 Å². The van der Waals surface area contributed by atoms with Crippen LogP contribution in [0.3, 0.4) is 0 Å². The van der Waals surface area contributed by atoms with Gasteiger partial charge in [0.1, 0.15) is 0 Å². The van der Waals surface area contributed by atoms with Crippen molar-refractivity contribution in [2.24, 2.45) is 11.8 Å². The molecule has 0 nitrogen and oxygen atoms in total. The largest absolute Gasteiger partial charge is 0.0628 e. The van der Waals surface area contributed by atoms with Crippen LogP contribution >= 0.6 is 0 Å². The highest BCUT2D eigenvalue weighted by molar-refractivity contribution is 4.72. The molecule has 0 amide bonds. The zero-order chi connectivity index (χ0) is 6.69. The predicted molar refractivity (Wildman–Crippen MR) is 41.4 cm³/mol. The third-order valence-corrected chi connectivity index (χ3v) is 2.09. The van der Waals surface area contributed by atoms with Gasteiger partial charge in [0.25, 0.3) is 0 Å². The summed E-state index contributed by atoms with van der Waals surface area (Å²) in [5.41, 5.74) is 0. The fraction of sp³-hybridized carbons (Fsp3) is 1.00. The Morgan fingerprint density at radius 1 is 1.33 bits per heavy atom. The van der Waals surface area contributed by atoms with E-state index in [0.29, 0.717) is 0 Å². The van der Waals surface area contributed by atoms with E-state index in [1.807, 2.05) is 0 Å². The number of hydrogen-bond acceptors (Lipinski definition) is 0. The maximum absolute atomic E-state index is 2.31. The Bertz CT molecular complexity index is 68.1. The van der Waals surface area contributed by atoms with Crippen LogP contribution in [0.15, 0.2) is 0 Å². The molecular weight excluding hydrogens is 108 g/mol. The van der Waals surface area contributed by atoms with Crippen molar-refractivity contribution in [1.82, 2.24) is 0 Å². The lowest BCUT2D eigenvalue weighted by atomic mass is 10.1. The average Bonchev–Trinajstić information content (AvgIpc) is 2.48. The van der Waals surface area contributed by atoms with Gasteiger partial charge in [0.15, 0.2) is 0 Å². The Morgan fingerprint density at radius 3 is 2.44 bits per heavy atom. The Kier molecular flexibility index (Phi) is 2.56. The number of hydrogen-bond donors (Lipinski definition) is 0. The second kappa shape index (κ2) is 3.24. The smallest absolute Gasteiger partial charge is 0.0414 e. The van der Waals surface area contributed by atoms with Gasteiger partial charge in [-0.1, -0.05) is 46.0 Å². The van der Waals surface area contributed by atoms with Crippen molar-refractivity contribution in [3.8, 4) is 0 Å². The standard InChI is InChI=1S/C9H18/c1-8(2)4-3-5-9-6-7-9/h8-9H,3-7H2,1-2H3. The first kappa shape index (κ1) is 7.11. The Labute approximate surface area is 58.7 Å². The van der Waals surface area contributed by atoms with Gasteiger partial charge in [-0.25, -0.2) is 0 Å².